The number of hydrogen-bond acceptors (Lipinski definition) is 2. The molecule has 0 unspecified atom stereocenters. The van der Waals surface area contributed by atoms with Crippen molar-refractivity contribution in [2.24, 2.45) is 0 Å². The Kier molecular flexibility index (Phi) is 4.03. The molecule has 1 aromatic rings. The summed E-state index contributed by atoms with van der Waals surface area (Å²) in [5.74, 6) is -0.631. The molecule has 0 aromatic heterocycles. The lowest BCUT2D eigenvalue weighted by Crippen LogP contribution is -1.96. The molecule has 0 aliphatic heterocycles. The Balaban J connectivity index is 2.78. The van der Waals surface area contributed by atoms with Crippen LogP contribution >= 0.6 is 0 Å². The van der Waals surface area contributed by atoms with Crippen LogP contribution in [0.4, 0.5) is 4.39 Å². The van der Waals surface area contributed by atoms with Crippen LogP contribution in [0.3, 0.4) is 0 Å². The largest absolute Gasteiger partial charge is 0.501 e. The third kappa shape index (κ3) is 3.20. The summed E-state index contributed by atoms with van der Waals surface area (Å²) < 4.78 is 18.0. The molecule has 0 fully saturated rings. The van der Waals surface area contributed by atoms with Gasteiger partial charge in [-0.25, -0.2) is 4.39 Å². The first kappa shape index (κ1) is 11.4. The van der Waals surface area contributed by atoms with Crippen molar-refractivity contribution in [2.75, 3.05) is 6.61 Å². The molecule has 0 saturated heterocycles. The van der Waals surface area contributed by atoms with Crippen molar-refractivity contribution in [3.63, 3.8) is 0 Å². The number of rotatable bonds is 4. The van der Waals surface area contributed by atoms with E-state index in [1.54, 1.807) is 19.1 Å². The lowest BCUT2D eigenvalue weighted by Gasteiger charge is -1.99. The summed E-state index contributed by atoms with van der Waals surface area (Å²) in [4.78, 5) is 11.4. The Hall–Kier alpha value is -1.64. The predicted molar refractivity (Wildman–Crippen MR) is 56.2 cm³/mol. The van der Waals surface area contributed by atoms with E-state index in [1.807, 2.05) is 6.92 Å². The molecule has 0 spiro atoms. The summed E-state index contributed by atoms with van der Waals surface area (Å²) in [5, 5.41) is 0. The van der Waals surface area contributed by atoms with Gasteiger partial charge in [-0.05, 0) is 25.5 Å². The van der Waals surface area contributed by atoms with Crippen LogP contribution in [0.1, 0.15) is 22.8 Å². The maximum atomic E-state index is 13.1. The van der Waals surface area contributed by atoms with Crippen molar-refractivity contribution in [3.05, 3.63) is 47.5 Å². The van der Waals surface area contributed by atoms with Gasteiger partial charge in [0, 0.05) is 11.6 Å². The third-order valence-electron chi connectivity index (χ3n) is 1.94. The number of carbonyl (C=O) groups is 1. The van der Waals surface area contributed by atoms with Crippen LogP contribution in [0.2, 0.25) is 0 Å². The molecule has 0 N–H and O–H groups in total. The maximum Gasteiger partial charge on any atom is 0.188 e. The Morgan fingerprint density at radius 1 is 1.53 bits per heavy atom. The third-order valence-corrected chi connectivity index (χ3v) is 1.94. The van der Waals surface area contributed by atoms with Crippen molar-refractivity contribution in [3.8, 4) is 0 Å². The second-order valence-corrected chi connectivity index (χ2v) is 3.09. The lowest BCUT2D eigenvalue weighted by molar-refractivity contribution is 0.104. The van der Waals surface area contributed by atoms with Crippen LogP contribution in [0.5, 0.6) is 0 Å². The van der Waals surface area contributed by atoms with E-state index in [0.717, 1.165) is 0 Å². The van der Waals surface area contributed by atoms with Gasteiger partial charge in [-0.2, -0.15) is 0 Å². The van der Waals surface area contributed by atoms with Gasteiger partial charge in [0.2, 0.25) is 0 Å². The Bertz CT molecular complexity index is 383. The van der Waals surface area contributed by atoms with E-state index in [-0.39, 0.29) is 11.6 Å². The average Bonchev–Trinajstić information content (AvgIpc) is 2.22. The molecule has 0 aliphatic rings. The first-order valence-corrected chi connectivity index (χ1v) is 4.73. The standard InChI is InChI=1S/C12H13FO2/c1-3-15-7-6-12(14)10-5-4-9(2)11(13)8-10/h4-8H,3H2,1-2H3/b7-6+. The zero-order chi connectivity index (χ0) is 11.3. The summed E-state index contributed by atoms with van der Waals surface area (Å²) in [6.07, 6.45) is 2.60. The fourth-order valence-corrected chi connectivity index (χ4v) is 1.05. The van der Waals surface area contributed by atoms with Gasteiger partial charge in [-0.15, -0.1) is 0 Å². The zero-order valence-electron chi connectivity index (χ0n) is 8.79. The highest BCUT2D eigenvalue weighted by Crippen LogP contribution is 2.10. The predicted octanol–water partition coefficient (Wildman–Crippen LogP) is 2.87. The van der Waals surface area contributed by atoms with E-state index in [9.17, 15) is 9.18 Å². The molecule has 0 radical (unpaired) electrons. The van der Waals surface area contributed by atoms with Crippen LogP contribution < -0.4 is 0 Å². The average molecular weight is 208 g/mol. The van der Waals surface area contributed by atoms with Crippen molar-refractivity contribution in [2.45, 2.75) is 13.8 Å². The molecule has 0 aliphatic carbocycles. The van der Waals surface area contributed by atoms with E-state index in [2.05, 4.69) is 0 Å². The molecule has 1 rings (SSSR count). The first-order valence-electron chi connectivity index (χ1n) is 4.73. The molecule has 80 valence electrons. The van der Waals surface area contributed by atoms with Gasteiger partial charge in [-0.3, -0.25) is 4.79 Å². The van der Waals surface area contributed by atoms with Gasteiger partial charge in [0.15, 0.2) is 5.78 Å². The maximum absolute atomic E-state index is 13.1. The smallest absolute Gasteiger partial charge is 0.188 e. The normalized spacial score (nSPS) is 10.6. The quantitative estimate of drug-likeness (QED) is 0.432. The van der Waals surface area contributed by atoms with E-state index in [1.165, 1.54) is 18.4 Å². The number of ketones is 1. The minimum Gasteiger partial charge on any atom is -0.501 e. The number of allylic oxidation sites excluding steroid dienone is 1. The van der Waals surface area contributed by atoms with Crippen molar-refractivity contribution in [1.29, 1.82) is 0 Å². The van der Waals surface area contributed by atoms with Crippen molar-refractivity contribution in [1.82, 2.24) is 0 Å². The molecule has 15 heavy (non-hydrogen) atoms. The molecule has 0 saturated carbocycles. The zero-order valence-corrected chi connectivity index (χ0v) is 8.79. The monoisotopic (exact) mass is 208 g/mol. The summed E-state index contributed by atoms with van der Waals surface area (Å²) in [6.45, 7) is 3.98. The van der Waals surface area contributed by atoms with Gasteiger partial charge >= 0.3 is 0 Å². The molecule has 2 nitrogen and oxygen atoms in total. The molecular weight excluding hydrogens is 195 g/mol. The summed E-state index contributed by atoms with van der Waals surface area (Å²) >= 11 is 0. The molecule has 0 heterocycles. The van der Waals surface area contributed by atoms with Crippen LogP contribution in [-0.2, 0) is 4.74 Å². The molecule has 1 aromatic carbocycles. The van der Waals surface area contributed by atoms with E-state index in [0.29, 0.717) is 17.7 Å². The molecule has 3 heteroatoms. The number of carbonyl (C=O) groups excluding carboxylic acids is 1. The SMILES string of the molecule is CCO/C=C/C(=O)c1ccc(C)c(F)c1. The number of benzene rings is 1. The number of hydrogen-bond donors (Lipinski definition) is 0. The van der Waals surface area contributed by atoms with Crippen LogP contribution in [0, 0.1) is 12.7 Å². The van der Waals surface area contributed by atoms with E-state index >= 15 is 0 Å². The lowest BCUT2D eigenvalue weighted by atomic mass is 10.1. The topological polar surface area (TPSA) is 26.3 Å². The molecular formula is C12H13FO2. The van der Waals surface area contributed by atoms with Gasteiger partial charge in [0.1, 0.15) is 5.82 Å². The van der Waals surface area contributed by atoms with Crippen molar-refractivity contribution < 1.29 is 13.9 Å². The highest BCUT2D eigenvalue weighted by atomic mass is 19.1. The number of halogens is 1. The first-order chi connectivity index (χ1) is 7.15. The summed E-state index contributed by atoms with van der Waals surface area (Å²) in [5.41, 5.74) is 0.856. The second-order valence-electron chi connectivity index (χ2n) is 3.09. The Labute approximate surface area is 88.4 Å². The second kappa shape index (κ2) is 5.29. The van der Waals surface area contributed by atoms with Gasteiger partial charge in [0.05, 0.1) is 12.9 Å². The van der Waals surface area contributed by atoms with Gasteiger partial charge in [-0.1, -0.05) is 12.1 Å². The van der Waals surface area contributed by atoms with E-state index in [4.69, 9.17) is 4.74 Å². The Morgan fingerprint density at radius 3 is 2.87 bits per heavy atom. The summed E-state index contributed by atoms with van der Waals surface area (Å²) in [6, 6.07) is 4.40. The summed E-state index contributed by atoms with van der Waals surface area (Å²) in [7, 11) is 0. The van der Waals surface area contributed by atoms with Gasteiger partial charge in [0.25, 0.3) is 0 Å². The minimum atomic E-state index is -0.370. The number of ether oxygens (including phenoxy) is 1. The highest BCUT2D eigenvalue weighted by Gasteiger charge is 2.04. The van der Waals surface area contributed by atoms with Crippen LogP contribution in [0.25, 0.3) is 0 Å². The van der Waals surface area contributed by atoms with Gasteiger partial charge < -0.3 is 4.74 Å². The minimum absolute atomic E-state index is 0.262. The number of aryl methyl sites for hydroxylation is 1. The fourth-order valence-electron chi connectivity index (χ4n) is 1.05. The van der Waals surface area contributed by atoms with E-state index < -0.39 is 0 Å². The molecule has 0 bridgehead atoms. The molecule has 0 atom stereocenters. The van der Waals surface area contributed by atoms with Crippen molar-refractivity contribution >= 4 is 5.78 Å². The highest BCUT2D eigenvalue weighted by molar-refractivity contribution is 6.04. The van der Waals surface area contributed by atoms with Crippen LogP contribution in [0.15, 0.2) is 30.5 Å². The Morgan fingerprint density at radius 2 is 2.27 bits per heavy atom. The fraction of sp³-hybridized carbons (Fsp3) is 0.250. The molecule has 0 amide bonds. The van der Waals surface area contributed by atoms with Crippen LogP contribution in [-0.4, -0.2) is 12.4 Å².